The van der Waals surface area contributed by atoms with Gasteiger partial charge in [0.2, 0.25) is 0 Å². The van der Waals surface area contributed by atoms with Crippen molar-refractivity contribution < 1.29 is 9.47 Å². The Hall–Kier alpha value is -3.31. The van der Waals surface area contributed by atoms with Crippen molar-refractivity contribution in [1.29, 1.82) is 0 Å². The molecule has 0 saturated carbocycles. The standard InChI is InChI=1S/C31H39N3O2/c1-4-7-21-34-30-19-18-28(35-22-11-20-33(5-2)6-3)23-29(30)32-31(34)26-14-16-27(17-15-26)36-24-25-12-9-8-10-13-25/h8-10,12-19,23H,4-7,11,20-22,24H2,1-3H3. The smallest absolute Gasteiger partial charge is 0.141 e. The highest BCUT2D eigenvalue weighted by Crippen LogP contribution is 2.29. The van der Waals surface area contributed by atoms with Gasteiger partial charge in [0.15, 0.2) is 0 Å². The number of rotatable bonds is 14. The maximum absolute atomic E-state index is 6.08. The van der Waals surface area contributed by atoms with Crippen LogP contribution in [-0.4, -0.2) is 40.7 Å². The summed E-state index contributed by atoms with van der Waals surface area (Å²) in [7, 11) is 0. The molecule has 0 radical (unpaired) electrons. The predicted molar refractivity (Wildman–Crippen MR) is 149 cm³/mol. The average Bonchev–Trinajstić information content (AvgIpc) is 3.29. The Morgan fingerprint density at radius 2 is 1.56 bits per heavy atom. The van der Waals surface area contributed by atoms with Crippen LogP contribution < -0.4 is 9.47 Å². The summed E-state index contributed by atoms with van der Waals surface area (Å²) >= 11 is 0. The molecule has 0 atom stereocenters. The third kappa shape index (κ3) is 6.67. The van der Waals surface area contributed by atoms with Crippen molar-refractivity contribution in [2.75, 3.05) is 26.2 Å². The summed E-state index contributed by atoms with van der Waals surface area (Å²) in [6.45, 7) is 12.1. The molecule has 0 aliphatic carbocycles. The van der Waals surface area contributed by atoms with E-state index in [1.165, 1.54) is 0 Å². The van der Waals surface area contributed by atoms with Gasteiger partial charge in [0.05, 0.1) is 17.6 Å². The Bertz CT molecular complexity index is 1200. The van der Waals surface area contributed by atoms with Crippen LogP contribution in [0.25, 0.3) is 22.4 Å². The third-order valence-corrected chi connectivity index (χ3v) is 6.60. The molecule has 0 aliphatic rings. The van der Waals surface area contributed by atoms with Gasteiger partial charge < -0.3 is 18.9 Å². The normalized spacial score (nSPS) is 11.3. The van der Waals surface area contributed by atoms with Crippen LogP contribution >= 0.6 is 0 Å². The molecule has 3 aromatic carbocycles. The molecule has 5 heteroatoms. The van der Waals surface area contributed by atoms with Gasteiger partial charge in [-0.25, -0.2) is 4.98 Å². The second kappa shape index (κ2) is 13.1. The van der Waals surface area contributed by atoms with Crippen molar-refractivity contribution in [3.05, 3.63) is 78.4 Å². The van der Waals surface area contributed by atoms with Crippen molar-refractivity contribution in [2.24, 2.45) is 0 Å². The molecular weight excluding hydrogens is 446 g/mol. The van der Waals surface area contributed by atoms with Crippen molar-refractivity contribution in [3.8, 4) is 22.9 Å². The number of imidazole rings is 1. The molecule has 5 nitrogen and oxygen atoms in total. The molecule has 0 aliphatic heterocycles. The van der Waals surface area contributed by atoms with Crippen LogP contribution in [-0.2, 0) is 13.2 Å². The molecule has 0 unspecified atom stereocenters. The Kier molecular flexibility index (Phi) is 9.40. The monoisotopic (exact) mass is 485 g/mol. The first-order valence-corrected chi connectivity index (χ1v) is 13.3. The van der Waals surface area contributed by atoms with Gasteiger partial charge >= 0.3 is 0 Å². The van der Waals surface area contributed by atoms with Crippen LogP contribution in [0.15, 0.2) is 72.8 Å². The lowest BCUT2D eigenvalue weighted by atomic mass is 10.2. The Labute approximate surface area is 215 Å². The van der Waals surface area contributed by atoms with Gasteiger partial charge in [-0.05, 0) is 67.9 Å². The Morgan fingerprint density at radius 1 is 0.806 bits per heavy atom. The number of aromatic nitrogens is 2. The predicted octanol–water partition coefficient (Wildman–Crippen LogP) is 7.19. The average molecular weight is 486 g/mol. The van der Waals surface area contributed by atoms with E-state index >= 15 is 0 Å². The fourth-order valence-electron chi connectivity index (χ4n) is 4.42. The van der Waals surface area contributed by atoms with E-state index in [2.05, 4.69) is 72.7 Å². The minimum atomic E-state index is 0.562. The maximum Gasteiger partial charge on any atom is 0.141 e. The number of hydrogen-bond acceptors (Lipinski definition) is 4. The van der Waals surface area contributed by atoms with Crippen molar-refractivity contribution >= 4 is 11.0 Å². The lowest BCUT2D eigenvalue weighted by Crippen LogP contribution is -2.25. The summed E-state index contributed by atoms with van der Waals surface area (Å²) in [6, 6.07) is 24.8. The minimum absolute atomic E-state index is 0.562. The first-order chi connectivity index (χ1) is 17.7. The zero-order chi connectivity index (χ0) is 25.2. The fourth-order valence-corrected chi connectivity index (χ4v) is 4.42. The quantitative estimate of drug-likeness (QED) is 0.177. The summed E-state index contributed by atoms with van der Waals surface area (Å²) in [4.78, 5) is 7.46. The zero-order valence-corrected chi connectivity index (χ0v) is 22.0. The van der Waals surface area contributed by atoms with Crippen molar-refractivity contribution in [1.82, 2.24) is 14.5 Å². The SMILES string of the molecule is CCCCn1c(-c2ccc(OCc3ccccc3)cc2)nc2cc(OCCCN(CC)CC)ccc21. The molecule has 1 aromatic heterocycles. The van der Waals surface area contributed by atoms with Crippen LogP contribution in [0.2, 0.25) is 0 Å². The maximum atomic E-state index is 6.08. The van der Waals surface area contributed by atoms with E-state index in [0.29, 0.717) is 6.61 Å². The minimum Gasteiger partial charge on any atom is -0.493 e. The van der Waals surface area contributed by atoms with E-state index in [0.717, 1.165) is 91.5 Å². The van der Waals surface area contributed by atoms with Crippen LogP contribution in [0.3, 0.4) is 0 Å². The van der Waals surface area contributed by atoms with Crippen LogP contribution in [0.5, 0.6) is 11.5 Å². The van der Waals surface area contributed by atoms with Gasteiger partial charge in [-0.1, -0.05) is 57.5 Å². The van der Waals surface area contributed by atoms with Crippen LogP contribution in [0, 0.1) is 0 Å². The topological polar surface area (TPSA) is 39.5 Å². The lowest BCUT2D eigenvalue weighted by Gasteiger charge is -2.17. The number of hydrogen-bond donors (Lipinski definition) is 0. The second-order valence-corrected chi connectivity index (χ2v) is 9.12. The van der Waals surface area contributed by atoms with Gasteiger partial charge in [0.25, 0.3) is 0 Å². The molecule has 0 N–H and O–H groups in total. The number of benzene rings is 3. The molecule has 190 valence electrons. The van der Waals surface area contributed by atoms with Crippen LogP contribution in [0.1, 0.15) is 45.6 Å². The first kappa shape index (κ1) is 25.8. The largest absolute Gasteiger partial charge is 0.493 e. The molecule has 0 fully saturated rings. The third-order valence-electron chi connectivity index (χ3n) is 6.60. The Morgan fingerprint density at radius 3 is 2.28 bits per heavy atom. The summed E-state index contributed by atoms with van der Waals surface area (Å²) < 4.78 is 14.4. The van der Waals surface area contributed by atoms with Crippen LogP contribution in [0.4, 0.5) is 0 Å². The molecule has 0 spiro atoms. The molecule has 4 rings (SSSR count). The summed E-state index contributed by atoms with van der Waals surface area (Å²) in [6.07, 6.45) is 3.27. The van der Waals surface area contributed by atoms with E-state index in [1.54, 1.807) is 0 Å². The number of unbranched alkanes of at least 4 members (excludes halogenated alkanes) is 1. The lowest BCUT2D eigenvalue weighted by molar-refractivity contribution is 0.249. The van der Waals surface area contributed by atoms with E-state index < -0.39 is 0 Å². The van der Waals surface area contributed by atoms with Gasteiger partial charge in [-0.3, -0.25) is 0 Å². The molecule has 36 heavy (non-hydrogen) atoms. The summed E-state index contributed by atoms with van der Waals surface area (Å²) in [5, 5.41) is 0. The fraction of sp³-hybridized carbons (Fsp3) is 0.387. The molecular formula is C31H39N3O2. The zero-order valence-electron chi connectivity index (χ0n) is 22.0. The Balaban J connectivity index is 1.48. The van der Waals surface area contributed by atoms with Gasteiger partial charge in [0.1, 0.15) is 23.9 Å². The van der Waals surface area contributed by atoms with E-state index in [4.69, 9.17) is 14.5 Å². The van der Waals surface area contributed by atoms with Gasteiger partial charge in [-0.2, -0.15) is 0 Å². The van der Waals surface area contributed by atoms with Crippen molar-refractivity contribution in [3.63, 3.8) is 0 Å². The highest BCUT2D eigenvalue weighted by atomic mass is 16.5. The number of ether oxygens (including phenoxy) is 2. The highest BCUT2D eigenvalue weighted by molar-refractivity contribution is 5.82. The van der Waals surface area contributed by atoms with Gasteiger partial charge in [0, 0.05) is 24.7 Å². The van der Waals surface area contributed by atoms with Crippen molar-refractivity contribution in [2.45, 2.75) is 53.2 Å². The second-order valence-electron chi connectivity index (χ2n) is 9.12. The molecule has 0 bridgehead atoms. The first-order valence-electron chi connectivity index (χ1n) is 13.3. The summed E-state index contributed by atoms with van der Waals surface area (Å²) in [5.74, 6) is 2.74. The molecule has 1 heterocycles. The molecule has 0 saturated heterocycles. The number of fused-ring (bicyclic) bond motifs is 1. The molecule has 4 aromatic rings. The highest BCUT2D eigenvalue weighted by Gasteiger charge is 2.14. The number of nitrogens with zero attached hydrogens (tertiary/aromatic N) is 3. The van der Waals surface area contributed by atoms with E-state index in [-0.39, 0.29) is 0 Å². The van der Waals surface area contributed by atoms with E-state index in [1.807, 2.05) is 30.3 Å². The molecule has 0 amide bonds. The summed E-state index contributed by atoms with van der Waals surface area (Å²) in [5.41, 5.74) is 4.38. The van der Waals surface area contributed by atoms with E-state index in [9.17, 15) is 0 Å². The number of aryl methyl sites for hydroxylation is 1. The van der Waals surface area contributed by atoms with Gasteiger partial charge in [-0.15, -0.1) is 0 Å².